The van der Waals surface area contributed by atoms with E-state index in [0.717, 1.165) is 24.3 Å². The van der Waals surface area contributed by atoms with Crippen LogP contribution in [0.15, 0.2) is 60.7 Å². The van der Waals surface area contributed by atoms with Crippen LogP contribution in [0.25, 0.3) is 0 Å². The van der Waals surface area contributed by atoms with Crippen molar-refractivity contribution in [3.05, 3.63) is 71.8 Å². The summed E-state index contributed by atoms with van der Waals surface area (Å²) < 4.78 is 5.36. The Morgan fingerprint density at radius 1 is 0.750 bits per heavy atom. The second kappa shape index (κ2) is 10.3. The van der Waals surface area contributed by atoms with Gasteiger partial charge in [-0.05, 0) is 29.9 Å². The van der Waals surface area contributed by atoms with E-state index in [4.69, 9.17) is 4.74 Å². The summed E-state index contributed by atoms with van der Waals surface area (Å²) in [6, 6.07) is 19.4. The summed E-state index contributed by atoms with van der Waals surface area (Å²) in [6.07, 6.45) is 0. The molecule has 0 aromatic heterocycles. The standard InChI is InChI=1S/C14H14O.C8H18O/c1-14(15,12-8-4-2-5-9-12)13-10-6-3-7-11-13;1-7(2)5-9-6-8(3)4/h2-11,15H,1H3;7-8H,5-6H2,1-4H3. The average molecular weight is 328 g/mol. The average Bonchev–Trinajstić information content (AvgIpc) is 2.56. The van der Waals surface area contributed by atoms with Crippen LogP contribution in [0.4, 0.5) is 0 Å². The predicted molar refractivity (Wildman–Crippen MR) is 102 cm³/mol. The number of aliphatic hydroxyl groups is 1. The van der Waals surface area contributed by atoms with Crippen molar-refractivity contribution in [2.75, 3.05) is 13.2 Å². The zero-order valence-corrected chi connectivity index (χ0v) is 15.7. The van der Waals surface area contributed by atoms with E-state index in [1.54, 1.807) is 0 Å². The first-order valence-electron chi connectivity index (χ1n) is 8.75. The Morgan fingerprint density at radius 2 is 1.08 bits per heavy atom. The maximum Gasteiger partial charge on any atom is 0.112 e. The molecule has 0 atom stereocenters. The number of rotatable bonds is 6. The molecule has 0 amide bonds. The molecule has 0 aliphatic heterocycles. The van der Waals surface area contributed by atoms with E-state index in [2.05, 4.69) is 27.7 Å². The predicted octanol–water partition coefficient (Wildman–Crippen LogP) is 5.26. The molecule has 0 saturated carbocycles. The molecule has 2 rings (SSSR count). The van der Waals surface area contributed by atoms with E-state index in [9.17, 15) is 5.11 Å². The van der Waals surface area contributed by atoms with Gasteiger partial charge in [0, 0.05) is 13.2 Å². The molecule has 0 fully saturated rings. The zero-order chi connectivity index (χ0) is 18.0. The van der Waals surface area contributed by atoms with Gasteiger partial charge in [0.2, 0.25) is 0 Å². The van der Waals surface area contributed by atoms with E-state index in [1.165, 1.54) is 0 Å². The van der Waals surface area contributed by atoms with Crippen molar-refractivity contribution in [1.29, 1.82) is 0 Å². The van der Waals surface area contributed by atoms with Crippen LogP contribution < -0.4 is 0 Å². The van der Waals surface area contributed by atoms with Crippen molar-refractivity contribution >= 4 is 0 Å². The van der Waals surface area contributed by atoms with E-state index in [0.29, 0.717) is 11.8 Å². The van der Waals surface area contributed by atoms with Gasteiger partial charge in [-0.1, -0.05) is 88.4 Å². The molecule has 0 unspecified atom stereocenters. The van der Waals surface area contributed by atoms with Crippen molar-refractivity contribution < 1.29 is 9.84 Å². The second-order valence-electron chi connectivity index (χ2n) is 7.13. The third-order valence-corrected chi connectivity index (χ3v) is 3.57. The van der Waals surface area contributed by atoms with Crippen LogP contribution in [0.2, 0.25) is 0 Å². The topological polar surface area (TPSA) is 29.5 Å². The molecule has 2 heteroatoms. The maximum atomic E-state index is 10.5. The fourth-order valence-electron chi connectivity index (χ4n) is 2.23. The Bertz CT molecular complexity index is 495. The number of ether oxygens (including phenoxy) is 1. The fourth-order valence-corrected chi connectivity index (χ4v) is 2.23. The van der Waals surface area contributed by atoms with Gasteiger partial charge in [0.15, 0.2) is 0 Å². The highest BCUT2D eigenvalue weighted by Gasteiger charge is 2.24. The summed E-state index contributed by atoms with van der Waals surface area (Å²) >= 11 is 0. The van der Waals surface area contributed by atoms with Gasteiger partial charge in [0.05, 0.1) is 0 Å². The number of hydrogen-bond acceptors (Lipinski definition) is 2. The Kier molecular flexibility index (Phi) is 8.73. The summed E-state index contributed by atoms with van der Waals surface area (Å²) in [7, 11) is 0. The highest BCUT2D eigenvalue weighted by atomic mass is 16.5. The molecule has 2 nitrogen and oxygen atoms in total. The monoisotopic (exact) mass is 328 g/mol. The Hall–Kier alpha value is -1.64. The molecule has 0 bridgehead atoms. The summed E-state index contributed by atoms with van der Waals surface area (Å²) in [5.41, 5.74) is 0.912. The summed E-state index contributed by atoms with van der Waals surface area (Å²) in [4.78, 5) is 0. The highest BCUT2D eigenvalue weighted by molar-refractivity contribution is 5.34. The van der Waals surface area contributed by atoms with Crippen molar-refractivity contribution in [1.82, 2.24) is 0 Å². The van der Waals surface area contributed by atoms with Gasteiger partial charge in [0.25, 0.3) is 0 Å². The first kappa shape index (κ1) is 20.4. The molecule has 0 saturated heterocycles. The van der Waals surface area contributed by atoms with Gasteiger partial charge in [-0.2, -0.15) is 0 Å². The van der Waals surface area contributed by atoms with E-state index >= 15 is 0 Å². The van der Waals surface area contributed by atoms with Crippen molar-refractivity contribution in [2.45, 2.75) is 40.2 Å². The minimum absolute atomic E-state index is 0.670. The van der Waals surface area contributed by atoms with Crippen LogP contribution in [-0.2, 0) is 10.3 Å². The van der Waals surface area contributed by atoms with Crippen molar-refractivity contribution in [3.63, 3.8) is 0 Å². The smallest absolute Gasteiger partial charge is 0.112 e. The highest BCUT2D eigenvalue weighted by Crippen LogP contribution is 2.28. The van der Waals surface area contributed by atoms with Gasteiger partial charge in [-0.25, -0.2) is 0 Å². The number of benzene rings is 2. The van der Waals surface area contributed by atoms with Gasteiger partial charge in [-0.15, -0.1) is 0 Å². The minimum Gasteiger partial charge on any atom is -0.381 e. The van der Waals surface area contributed by atoms with Crippen LogP contribution in [0.1, 0.15) is 45.7 Å². The SMILES string of the molecule is CC(C)COCC(C)C.CC(O)(c1ccccc1)c1ccccc1. The lowest BCUT2D eigenvalue weighted by Gasteiger charge is -2.24. The largest absolute Gasteiger partial charge is 0.381 e. The normalized spacial score (nSPS) is 11.3. The minimum atomic E-state index is -0.914. The van der Waals surface area contributed by atoms with Crippen LogP contribution >= 0.6 is 0 Å². The fraction of sp³-hybridized carbons (Fsp3) is 0.455. The third-order valence-electron chi connectivity index (χ3n) is 3.57. The molecule has 0 spiro atoms. The molecule has 132 valence electrons. The van der Waals surface area contributed by atoms with Gasteiger partial charge in [-0.3, -0.25) is 0 Å². The van der Waals surface area contributed by atoms with Crippen LogP contribution in [0.5, 0.6) is 0 Å². The molecule has 0 heterocycles. The third kappa shape index (κ3) is 7.29. The Balaban J connectivity index is 0.000000277. The number of hydrogen-bond donors (Lipinski definition) is 1. The molecule has 2 aromatic rings. The maximum absolute atomic E-state index is 10.5. The lowest BCUT2D eigenvalue weighted by atomic mass is 9.88. The van der Waals surface area contributed by atoms with Crippen LogP contribution in [-0.4, -0.2) is 18.3 Å². The van der Waals surface area contributed by atoms with Crippen molar-refractivity contribution in [2.24, 2.45) is 11.8 Å². The molecule has 24 heavy (non-hydrogen) atoms. The molecule has 1 N–H and O–H groups in total. The summed E-state index contributed by atoms with van der Waals surface area (Å²) in [6.45, 7) is 12.3. The molecule has 2 aromatic carbocycles. The van der Waals surface area contributed by atoms with Gasteiger partial charge < -0.3 is 9.84 Å². The molecular formula is C22H32O2. The Morgan fingerprint density at radius 3 is 1.38 bits per heavy atom. The first-order valence-corrected chi connectivity index (χ1v) is 8.75. The lowest BCUT2D eigenvalue weighted by molar-refractivity contribution is 0.0886. The summed E-state index contributed by atoms with van der Waals surface area (Å²) in [5.74, 6) is 1.34. The van der Waals surface area contributed by atoms with Gasteiger partial charge in [0.1, 0.15) is 5.60 Å². The van der Waals surface area contributed by atoms with Crippen LogP contribution in [0, 0.1) is 11.8 Å². The molecule has 0 radical (unpaired) electrons. The molecular weight excluding hydrogens is 296 g/mol. The Labute approximate surface area is 147 Å². The summed E-state index contributed by atoms with van der Waals surface area (Å²) in [5, 5.41) is 10.5. The zero-order valence-electron chi connectivity index (χ0n) is 15.7. The van der Waals surface area contributed by atoms with E-state index in [-0.39, 0.29) is 0 Å². The molecule has 0 aliphatic rings. The van der Waals surface area contributed by atoms with Gasteiger partial charge >= 0.3 is 0 Å². The van der Waals surface area contributed by atoms with Crippen LogP contribution in [0.3, 0.4) is 0 Å². The second-order valence-corrected chi connectivity index (χ2v) is 7.13. The van der Waals surface area contributed by atoms with E-state index in [1.807, 2.05) is 67.6 Å². The first-order chi connectivity index (χ1) is 11.3. The lowest BCUT2D eigenvalue weighted by Crippen LogP contribution is -2.22. The molecule has 0 aliphatic carbocycles. The quantitative estimate of drug-likeness (QED) is 0.784. The van der Waals surface area contributed by atoms with E-state index < -0.39 is 5.60 Å². The van der Waals surface area contributed by atoms with Crippen molar-refractivity contribution in [3.8, 4) is 0 Å².